The Bertz CT molecular complexity index is 883. The summed E-state index contributed by atoms with van der Waals surface area (Å²) in [6.45, 7) is 6.65. The summed E-state index contributed by atoms with van der Waals surface area (Å²) in [4.78, 5) is 4.50. The van der Waals surface area contributed by atoms with Gasteiger partial charge in [-0.1, -0.05) is 12.1 Å². The van der Waals surface area contributed by atoms with Crippen LogP contribution in [0.1, 0.15) is 48.2 Å². The summed E-state index contributed by atoms with van der Waals surface area (Å²) in [6.07, 6.45) is 3.37. The quantitative estimate of drug-likeness (QED) is 0.565. The topological polar surface area (TPSA) is 94.2 Å². The molecule has 0 amide bonds. The lowest BCUT2D eigenvalue weighted by Gasteiger charge is -2.11. The number of nitrogens with zero attached hydrogens (tertiary/aromatic N) is 4. The summed E-state index contributed by atoms with van der Waals surface area (Å²) in [5, 5.41) is 21.2. The second kappa shape index (κ2) is 9.41. The molecule has 0 aliphatic rings. The zero-order valence-electron chi connectivity index (χ0n) is 16.6. The maximum atomic E-state index is 9.00. The third-order valence-electron chi connectivity index (χ3n) is 4.44. The Labute approximate surface area is 164 Å². The predicted molar refractivity (Wildman–Crippen MR) is 105 cm³/mol. The normalized spacial score (nSPS) is 11.0. The Kier molecular flexibility index (Phi) is 6.71. The van der Waals surface area contributed by atoms with Gasteiger partial charge in [0.1, 0.15) is 5.75 Å². The van der Waals surface area contributed by atoms with Crippen molar-refractivity contribution in [3.63, 3.8) is 0 Å². The molecule has 2 aromatic heterocycles. The highest BCUT2D eigenvalue weighted by atomic mass is 16.5. The van der Waals surface area contributed by atoms with Crippen molar-refractivity contribution in [1.29, 1.82) is 0 Å². The van der Waals surface area contributed by atoms with Crippen LogP contribution >= 0.6 is 0 Å². The minimum Gasteiger partial charge on any atom is -0.494 e. The van der Waals surface area contributed by atoms with Crippen LogP contribution in [0.25, 0.3) is 11.4 Å². The second-order valence-corrected chi connectivity index (χ2v) is 6.82. The van der Waals surface area contributed by atoms with Crippen LogP contribution in [0.2, 0.25) is 0 Å². The van der Waals surface area contributed by atoms with Gasteiger partial charge in [0.25, 0.3) is 0 Å². The van der Waals surface area contributed by atoms with Crippen molar-refractivity contribution in [3.8, 4) is 17.1 Å². The van der Waals surface area contributed by atoms with E-state index in [0.29, 0.717) is 24.0 Å². The summed E-state index contributed by atoms with van der Waals surface area (Å²) < 4.78 is 11.2. The van der Waals surface area contributed by atoms with Gasteiger partial charge in [0.15, 0.2) is 0 Å². The number of aryl methyl sites for hydroxylation is 4. The molecule has 1 N–H and O–H groups in total. The molecule has 3 aromatic rings. The maximum absolute atomic E-state index is 9.00. The van der Waals surface area contributed by atoms with E-state index in [1.807, 2.05) is 32.0 Å². The third kappa shape index (κ3) is 4.92. The largest absolute Gasteiger partial charge is 0.494 e. The molecule has 0 aliphatic carbocycles. The lowest BCUT2D eigenvalue weighted by molar-refractivity contribution is 0.275. The highest BCUT2D eigenvalue weighted by molar-refractivity contribution is 5.65. The summed E-state index contributed by atoms with van der Waals surface area (Å²) in [5.41, 5.74) is 4.59. The van der Waals surface area contributed by atoms with Crippen LogP contribution in [0.3, 0.4) is 0 Å². The van der Waals surface area contributed by atoms with Crippen molar-refractivity contribution in [3.05, 3.63) is 52.7 Å². The first-order valence-corrected chi connectivity index (χ1v) is 9.60. The molecule has 0 saturated carbocycles. The number of hydrogen-bond acceptors (Lipinski definition) is 7. The Morgan fingerprint density at radius 3 is 2.39 bits per heavy atom. The van der Waals surface area contributed by atoms with Crippen LogP contribution in [0.5, 0.6) is 5.75 Å². The molecular weight excluding hydrogens is 356 g/mol. The molecule has 0 radical (unpaired) electrons. The highest BCUT2D eigenvalue weighted by Gasteiger charge is 2.14. The van der Waals surface area contributed by atoms with Crippen molar-refractivity contribution in [2.24, 2.45) is 0 Å². The summed E-state index contributed by atoms with van der Waals surface area (Å²) in [5.74, 6) is 2.14. The molecule has 0 spiro atoms. The average Bonchev–Trinajstić information content (AvgIpc) is 3.13. The van der Waals surface area contributed by atoms with Gasteiger partial charge >= 0.3 is 0 Å². The summed E-state index contributed by atoms with van der Waals surface area (Å²) in [6, 6.07) is 7.69. The van der Waals surface area contributed by atoms with Crippen molar-refractivity contribution in [2.45, 2.75) is 53.1 Å². The van der Waals surface area contributed by atoms with Crippen molar-refractivity contribution < 1.29 is 14.4 Å². The van der Waals surface area contributed by atoms with Crippen LogP contribution in [-0.2, 0) is 19.4 Å². The van der Waals surface area contributed by atoms with Gasteiger partial charge in [-0.05, 0) is 68.5 Å². The first-order chi connectivity index (χ1) is 13.6. The molecule has 0 unspecified atom stereocenters. The molecule has 0 aliphatic heterocycles. The van der Waals surface area contributed by atoms with E-state index >= 15 is 0 Å². The van der Waals surface area contributed by atoms with E-state index in [2.05, 4.69) is 27.3 Å². The van der Waals surface area contributed by atoms with E-state index in [1.165, 1.54) is 0 Å². The minimum atomic E-state index is -0.0884. The van der Waals surface area contributed by atoms with Crippen LogP contribution in [0.15, 0.2) is 28.8 Å². The fourth-order valence-electron chi connectivity index (χ4n) is 3.08. The van der Waals surface area contributed by atoms with Crippen molar-refractivity contribution in [1.82, 2.24) is 20.3 Å². The molecule has 7 heteroatoms. The number of rotatable bonds is 9. The number of aliphatic hydroxyl groups is 1. The van der Waals surface area contributed by atoms with E-state index < -0.39 is 0 Å². The molecule has 3 rings (SSSR count). The average molecular weight is 382 g/mol. The Hall–Kier alpha value is -2.80. The van der Waals surface area contributed by atoms with Gasteiger partial charge in [0, 0.05) is 12.0 Å². The number of aromatic nitrogens is 4. The molecule has 0 atom stereocenters. The first-order valence-electron chi connectivity index (χ1n) is 9.60. The van der Waals surface area contributed by atoms with Gasteiger partial charge in [-0.3, -0.25) is 0 Å². The first kappa shape index (κ1) is 19.9. The molecule has 0 fully saturated rings. The van der Waals surface area contributed by atoms with Crippen LogP contribution < -0.4 is 4.74 Å². The van der Waals surface area contributed by atoms with Gasteiger partial charge in [-0.2, -0.15) is 15.2 Å². The molecule has 0 saturated heterocycles. The molecule has 7 nitrogen and oxygen atoms in total. The zero-order chi connectivity index (χ0) is 19.9. The number of benzene rings is 1. The predicted octanol–water partition coefficient (Wildman–Crippen LogP) is 3.60. The van der Waals surface area contributed by atoms with E-state index in [9.17, 15) is 0 Å². The van der Waals surface area contributed by atoms with Crippen molar-refractivity contribution >= 4 is 0 Å². The second-order valence-electron chi connectivity index (χ2n) is 6.82. The molecule has 1 aromatic carbocycles. The number of ether oxygens (including phenoxy) is 1. The fraction of sp³-hybridized carbons (Fsp3) is 0.429. The van der Waals surface area contributed by atoms with E-state index in [-0.39, 0.29) is 6.61 Å². The van der Waals surface area contributed by atoms with Gasteiger partial charge in [-0.25, -0.2) is 0 Å². The Balaban J connectivity index is 1.58. The molecule has 28 heavy (non-hydrogen) atoms. The molecule has 2 heterocycles. The number of hydrogen-bond donors (Lipinski definition) is 1. The lowest BCUT2D eigenvalue weighted by Crippen LogP contribution is -2.03. The maximum Gasteiger partial charge on any atom is 0.226 e. The summed E-state index contributed by atoms with van der Waals surface area (Å²) in [7, 11) is 0. The number of aliphatic hydroxyl groups excluding tert-OH is 1. The Morgan fingerprint density at radius 2 is 1.75 bits per heavy atom. The fourth-order valence-corrected chi connectivity index (χ4v) is 3.08. The minimum absolute atomic E-state index is 0.0884. The van der Waals surface area contributed by atoms with E-state index in [0.717, 1.165) is 53.8 Å². The standard InChI is InChI=1S/C21H26N4O3/c1-4-6-19-22-21(25-28-19)20-14(2)11-18(12-15(20)3)27-10-5-7-16-8-9-17(13-26)24-23-16/h8-9,11-12,26H,4-7,10,13H2,1-3H3. The van der Waals surface area contributed by atoms with Crippen LogP contribution in [-0.4, -0.2) is 32.1 Å². The van der Waals surface area contributed by atoms with Crippen molar-refractivity contribution in [2.75, 3.05) is 6.61 Å². The smallest absolute Gasteiger partial charge is 0.226 e. The third-order valence-corrected chi connectivity index (χ3v) is 4.44. The van der Waals surface area contributed by atoms with Gasteiger partial charge in [-0.15, -0.1) is 0 Å². The van der Waals surface area contributed by atoms with Gasteiger partial charge < -0.3 is 14.4 Å². The monoisotopic (exact) mass is 382 g/mol. The molecular formula is C21H26N4O3. The van der Waals surface area contributed by atoms with Gasteiger partial charge in [0.2, 0.25) is 11.7 Å². The lowest BCUT2D eigenvalue weighted by atomic mass is 10.0. The van der Waals surface area contributed by atoms with E-state index in [1.54, 1.807) is 6.07 Å². The SMILES string of the molecule is CCCc1nc(-c2c(C)cc(OCCCc3ccc(CO)nn3)cc2C)no1. The Morgan fingerprint density at radius 1 is 1.04 bits per heavy atom. The van der Waals surface area contributed by atoms with Gasteiger partial charge in [0.05, 0.1) is 24.6 Å². The summed E-state index contributed by atoms with van der Waals surface area (Å²) >= 11 is 0. The molecule has 0 bridgehead atoms. The van der Waals surface area contributed by atoms with Crippen LogP contribution in [0.4, 0.5) is 0 Å². The van der Waals surface area contributed by atoms with Crippen LogP contribution in [0, 0.1) is 13.8 Å². The van der Waals surface area contributed by atoms with E-state index in [4.69, 9.17) is 14.4 Å². The zero-order valence-corrected chi connectivity index (χ0v) is 16.6. The molecule has 148 valence electrons. The highest BCUT2D eigenvalue weighted by Crippen LogP contribution is 2.29.